The molecule has 2 fully saturated rings. The highest BCUT2D eigenvalue weighted by atomic mass is 16.2. The zero-order valence-corrected chi connectivity index (χ0v) is 28.4. The Hall–Kier alpha value is -5.68. The molecule has 2 amide bonds. The third kappa shape index (κ3) is 6.05. The number of nitrogens with zero attached hydrogens (tertiary/aromatic N) is 4. The third-order valence-electron chi connectivity index (χ3n) is 10.4. The van der Waals surface area contributed by atoms with Gasteiger partial charge in [-0.15, -0.1) is 0 Å². The second kappa shape index (κ2) is 13.3. The number of carbonyl (C=O) groups excluding carboxylic acids is 2. The summed E-state index contributed by atoms with van der Waals surface area (Å²) in [7, 11) is 0. The number of imidazole rings is 2. The number of amides is 2. The Labute approximate surface area is 291 Å². The van der Waals surface area contributed by atoms with E-state index in [9.17, 15) is 9.59 Å². The highest BCUT2D eigenvalue weighted by Gasteiger charge is 2.36. The van der Waals surface area contributed by atoms with E-state index in [1.54, 1.807) is 0 Å². The Kier molecular flexibility index (Phi) is 8.41. The summed E-state index contributed by atoms with van der Waals surface area (Å²) in [6, 6.07) is 31.8. The highest BCUT2D eigenvalue weighted by Crippen LogP contribution is 2.36. The van der Waals surface area contributed by atoms with Crippen LogP contribution in [0.25, 0.3) is 22.1 Å². The van der Waals surface area contributed by atoms with Gasteiger partial charge < -0.3 is 19.8 Å². The minimum Gasteiger partial charge on any atom is -0.340 e. The standard InChI is InChI=1S/C42H40N6O2/c1-27(31-11-5-3-6-12-31)41(49)47-23-9-15-37(47)39-43-33-21-19-29(25-35(33)45-39)17-18-30-20-22-34-36(26-30)46-40(44-34)38-16-10-24-48(38)42(50)28(2)32-13-7-4-8-14-32/h3-8,11-14,19-22,25-28,37-38H,9-10,15-16,23-24H2,1-2H3,(H,43,45)(H,44,46)/t27-,28+,37-,38-/m0/s1. The number of rotatable bonds is 6. The lowest BCUT2D eigenvalue weighted by Gasteiger charge is -2.26. The smallest absolute Gasteiger partial charge is 0.230 e. The Morgan fingerprint density at radius 3 is 1.48 bits per heavy atom. The first kappa shape index (κ1) is 31.6. The average Bonchev–Trinajstić information content (AvgIpc) is 3.98. The van der Waals surface area contributed by atoms with Crippen molar-refractivity contribution < 1.29 is 9.59 Å². The van der Waals surface area contributed by atoms with E-state index in [2.05, 4.69) is 21.8 Å². The first-order valence-electron chi connectivity index (χ1n) is 17.6. The molecule has 8 nitrogen and oxygen atoms in total. The van der Waals surface area contributed by atoms with Crippen LogP contribution in [0.3, 0.4) is 0 Å². The van der Waals surface area contributed by atoms with Crippen LogP contribution in [0, 0.1) is 11.8 Å². The quantitative estimate of drug-likeness (QED) is 0.178. The van der Waals surface area contributed by atoms with E-state index >= 15 is 0 Å². The predicted molar refractivity (Wildman–Crippen MR) is 195 cm³/mol. The molecule has 2 aliphatic heterocycles. The van der Waals surface area contributed by atoms with Gasteiger partial charge in [-0.05, 0) is 87.1 Å². The van der Waals surface area contributed by atoms with Crippen molar-refractivity contribution in [3.8, 4) is 11.8 Å². The highest BCUT2D eigenvalue weighted by molar-refractivity contribution is 5.85. The van der Waals surface area contributed by atoms with Crippen molar-refractivity contribution >= 4 is 33.9 Å². The number of hydrogen-bond donors (Lipinski definition) is 2. The van der Waals surface area contributed by atoms with E-state index in [1.807, 2.05) is 121 Å². The van der Waals surface area contributed by atoms with Crippen LogP contribution >= 0.6 is 0 Å². The van der Waals surface area contributed by atoms with Gasteiger partial charge in [-0.2, -0.15) is 0 Å². The molecule has 0 spiro atoms. The lowest BCUT2D eigenvalue weighted by atomic mass is 9.99. The molecule has 0 aliphatic carbocycles. The van der Waals surface area contributed by atoms with Crippen LogP contribution in [0.15, 0.2) is 97.1 Å². The maximum Gasteiger partial charge on any atom is 0.230 e. The average molecular weight is 661 g/mol. The Morgan fingerprint density at radius 2 is 1.06 bits per heavy atom. The molecule has 4 aromatic carbocycles. The van der Waals surface area contributed by atoms with Gasteiger partial charge in [0.2, 0.25) is 11.8 Å². The van der Waals surface area contributed by atoms with E-state index in [1.165, 1.54) is 0 Å². The first-order valence-corrected chi connectivity index (χ1v) is 17.6. The monoisotopic (exact) mass is 660 g/mol. The maximum absolute atomic E-state index is 13.5. The number of likely N-dealkylation sites (tertiary alicyclic amines) is 2. The molecule has 2 aromatic heterocycles. The molecule has 8 rings (SSSR count). The van der Waals surface area contributed by atoms with Crippen molar-refractivity contribution in [1.29, 1.82) is 0 Å². The van der Waals surface area contributed by atoms with E-state index in [4.69, 9.17) is 9.97 Å². The number of nitrogens with one attached hydrogen (secondary N) is 2. The largest absolute Gasteiger partial charge is 0.340 e. The number of carbonyl (C=O) groups is 2. The van der Waals surface area contributed by atoms with Crippen LogP contribution in [0.1, 0.15) is 97.4 Å². The van der Waals surface area contributed by atoms with Crippen molar-refractivity contribution in [2.45, 2.75) is 63.5 Å². The summed E-state index contributed by atoms with van der Waals surface area (Å²) >= 11 is 0. The molecule has 2 saturated heterocycles. The summed E-state index contributed by atoms with van der Waals surface area (Å²) in [5.41, 5.74) is 7.37. The lowest BCUT2D eigenvalue weighted by molar-refractivity contribution is -0.134. The summed E-state index contributed by atoms with van der Waals surface area (Å²) in [6.45, 7) is 5.45. The van der Waals surface area contributed by atoms with Crippen LogP contribution in [-0.2, 0) is 9.59 Å². The summed E-state index contributed by atoms with van der Waals surface area (Å²) in [5, 5.41) is 0. The van der Waals surface area contributed by atoms with Gasteiger partial charge >= 0.3 is 0 Å². The summed E-state index contributed by atoms with van der Waals surface area (Å²) in [4.78, 5) is 47.8. The summed E-state index contributed by atoms with van der Waals surface area (Å²) in [5.74, 6) is 8.16. The van der Waals surface area contributed by atoms with Gasteiger partial charge in [-0.25, -0.2) is 9.97 Å². The van der Waals surface area contributed by atoms with Gasteiger partial charge in [-0.3, -0.25) is 9.59 Å². The zero-order chi connectivity index (χ0) is 34.2. The first-order chi connectivity index (χ1) is 24.4. The van der Waals surface area contributed by atoms with Gasteiger partial charge in [0.1, 0.15) is 11.6 Å². The maximum atomic E-state index is 13.5. The second-order valence-corrected chi connectivity index (χ2v) is 13.6. The number of hydrogen-bond acceptors (Lipinski definition) is 4. The SMILES string of the molecule is C[C@H](C(=O)N1CCC[C@H]1c1nc2ccc(C#Cc3ccc4nc([C@@H]5CCCN5C(=O)[C@H](C)c5ccccc5)[nH]c4c3)cc2[nH]1)c1ccccc1. The van der Waals surface area contributed by atoms with Crippen LogP contribution in [0.4, 0.5) is 0 Å². The molecule has 0 saturated carbocycles. The fourth-order valence-corrected chi connectivity index (χ4v) is 7.57. The summed E-state index contributed by atoms with van der Waals surface area (Å²) < 4.78 is 0. The van der Waals surface area contributed by atoms with Crippen molar-refractivity contribution in [3.05, 3.63) is 131 Å². The molecule has 0 bridgehead atoms. The van der Waals surface area contributed by atoms with Crippen molar-refractivity contribution in [3.63, 3.8) is 0 Å². The van der Waals surface area contributed by atoms with Crippen LogP contribution in [0.5, 0.6) is 0 Å². The molecule has 4 atom stereocenters. The molecule has 50 heavy (non-hydrogen) atoms. The molecule has 4 heterocycles. The van der Waals surface area contributed by atoms with E-state index < -0.39 is 0 Å². The Morgan fingerprint density at radius 1 is 0.640 bits per heavy atom. The van der Waals surface area contributed by atoms with Crippen molar-refractivity contribution in [1.82, 2.24) is 29.7 Å². The van der Waals surface area contributed by atoms with Crippen LogP contribution in [0.2, 0.25) is 0 Å². The fraction of sp³-hybridized carbons (Fsp3) is 0.286. The number of fused-ring (bicyclic) bond motifs is 2. The van der Waals surface area contributed by atoms with Gasteiger partial charge in [0.25, 0.3) is 0 Å². The summed E-state index contributed by atoms with van der Waals surface area (Å²) in [6.07, 6.45) is 3.69. The minimum atomic E-state index is -0.203. The molecule has 8 heteroatoms. The second-order valence-electron chi connectivity index (χ2n) is 13.6. The minimum absolute atomic E-state index is 0.0664. The Bertz CT molecular complexity index is 2090. The topological polar surface area (TPSA) is 98.0 Å². The molecule has 2 N–H and O–H groups in total. The van der Waals surface area contributed by atoms with E-state index in [0.29, 0.717) is 0 Å². The molecule has 0 unspecified atom stereocenters. The molecular formula is C42H40N6O2. The zero-order valence-electron chi connectivity index (χ0n) is 28.4. The van der Waals surface area contributed by atoms with E-state index in [-0.39, 0.29) is 35.7 Å². The van der Waals surface area contributed by atoms with Gasteiger partial charge in [-0.1, -0.05) is 72.5 Å². The molecule has 6 aromatic rings. The Balaban J connectivity index is 0.982. The molecule has 0 radical (unpaired) electrons. The number of aromatic amines is 2. The van der Waals surface area contributed by atoms with Crippen LogP contribution < -0.4 is 0 Å². The van der Waals surface area contributed by atoms with E-state index in [0.717, 1.165) is 94.7 Å². The van der Waals surface area contributed by atoms with Gasteiger partial charge in [0, 0.05) is 24.2 Å². The number of aromatic nitrogens is 4. The molecule has 250 valence electrons. The molecule has 2 aliphatic rings. The fourth-order valence-electron chi connectivity index (χ4n) is 7.57. The molecular weight excluding hydrogens is 621 g/mol. The van der Waals surface area contributed by atoms with Crippen LogP contribution in [-0.4, -0.2) is 54.6 Å². The normalized spacial score (nSPS) is 18.7. The van der Waals surface area contributed by atoms with Gasteiger partial charge in [0.15, 0.2) is 0 Å². The number of H-pyrrole nitrogens is 2. The van der Waals surface area contributed by atoms with Crippen molar-refractivity contribution in [2.75, 3.05) is 13.1 Å². The third-order valence-corrected chi connectivity index (χ3v) is 10.4. The predicted octanol–water partition coefficient (Wildman–Crippen LogP) is 7.77. The lowest BCUT2D eigenvalue weighted by Crippen LogP contribution is -2.34. The van der Waals surface area contributed by atoms with Crippen molar-refractivity contribution in [2.24, 2.45) is 0 Å². The van der Waals surface area contributed by atoms with Gasteiger partial charge in [0.05, 0.1) is 46.0 Å². The number of benzene rings is 4.